The largest absolute Gasteiger partial charge is 0.294 e. The lowest BCUT2D eigenvalue weighted by Gasteiger charge is -2.11. The van der Waals surface area contributed by atoms with Gasteiger partial charge in [-0.3, -0.25) is 4.55 Å². The summed E-state index contributed by atoms with van der Waals surface area (Å²) in [4.78, 5) is -0.0277. The highest BCUT2D eigenvalue weighted by Crippen LogP contribution is 2.27. The Morgan fingerprint density at radius 1 is 1.06 bits per heavy atom. The standard InChI is InChI=1S/C14H16O3S/c1-3-10-6-5-7-12-9-13(18(15,16)17)8-11(4-2)14(10)12/h5-9H,3-4H2,1-2H3,(H,15,16,17). The predicted molar refractivity (Wildman–Crippen MR) is 72.5 cm³/mol. The second-order valence-corrected chi connectivity index (χ2v) is 5.70. The van der Waals surface area contributed by atoms with Gasteiger partial charge in [-0.05, 0) is 46.9 Å². The average molecular weight is 264 g/mol. The maximum atomic E-state index is 11.3. The summed E-state index contributed by atoms with van der Waals surface area (Å²) >= 11 is 0. The molecule has 0 aliphatic rings. The van der Waals surface area contributed by atoms with Crippen molar-refractivity contribution in [2.24, 2.45) is 0 Å². The summed E-state index contributed by atoms with van der Waals surface area (Å²) in [6, 6.07) is 8.94. The normalized spacial score (nSPS) is 11.9. The van der Waals surface area contributed by atoms with Gasteiger partial charge in [0.2, 0.25) is 0 Å². The third-order valence-corrected chi connectivity index (χ3v) is 4.01. The van der Waals surface area contributed by atoms with Crippen LogP contribution < -0.4 is 0 Å². The summed E-state index contributed by atoms with van der Waals surface area (Å²) in [7, 11) is -4.15. The molecule has 1 N–H and O–H groups in total. The Kier molecular flexibility index (Phi) is 3.41. The molecule has 0 atom stereocenters. The Morgan fingerprint density at radius 3 is 2.28 bits per heavy atom. The van der Waals surface area contributed by atoms with Crippen LogP contribution >= 0.6 is 0 Å². The molecule has 0 spiro atoms. The van der Waals surface area contributed by atoms with Gasteiger partial charge in [0.25, 0.3) is 10.1 Å². The molecule has 0 aliphatic heterocycles. The molecular formula is C14H16O3S. The molecule has 96 valence electrons. The van der Waals surface area contributed by atoms with Crippen molar-refractivity contribution in [1.29, 1.82) is 0 Å². The van der Waals surface area contributed by atoms with Crippen molar-refractivity contribution in [3.63, 3.8) is 0 Å². The lowest BCUT2D eigenvalue weighted by atomic mass is 9.96. The van der Waals surface area contributed by atoms with Crippen molar-refractivity contribution >= 4 is 20.9 Å². The van der Waals surface area contributed by atoms with Gasteiger partial charge in [-0.1, -0.05) is 32.0 Å². The van der Waals surface area contributed by atoms with Crippen LogP contribution in [0.4, 0.5) is 0 Å². The van der Waals surface area contributed by atoms with Crippen molar-refractivity contribution in [3.05, 3.63) is 41.5 Å². The third-order valence-electron chi connectivity index (χ3n) is 3.18. The number of hydrogen-bond acceptors (Lipinski definition) is 2. The summed E-state index contributed by atoms with van der Waals surface area (Å²) in [5.74, 6) is 0. The van der Waals surface area contributed by atoms with Crippen LogP contribution in [-0.2, 0) is 23.0 Å². The maximum Gasteiger partial charge on any atom is 0.294 e. The van der Waals surface area contributed by atoms with E-state index in [4.69, 9.17) is 4.55 Å². The molecule has 0 unspecified atom stereocenters. The molecule has 0 fully saturated rings. The zero-order valence-electron chi connectivity index (χ0n) is 10.5. The number of hydrogen-bond donors (Lipinski definition) is 1. The van der Waals surface area contributed by atoms with Crippen molar-refractivity contribution in [1.82, 2.24) is 0 Å². The molecule has 0 aliphatic carbocycles. The van der Waals surface area contributed by atoms with Gasteiger partial charge >= 0.3 is 0 Å². The summed E-state index contributed by atoms with van der Waals surface area (Å²) < 4.78 is 31.7. The minimum atomic E-state index is -4.15. The van der Waals surface area contributed by atoms with E-state index in [1.807, 2.05) is 19.1 Å². The molecule has 0 heterocycles. The number of rotatable bonds is 3. The van der Waals surface area contributed by atoms with Crippen LogP contribution in [0.3, 0.4) is 0 Å². The molecule has 2 rings (SSSR count). The Bertz CT molecular complexity index is 687. The SMILES string of the molecule is CCc1cccc2cc(S(=O)(=O)O)cc(CC)c12. The van der Waals surface area contributed by atoms with Crippen LogP contribution in [0.15, 0.2) is 35.2 Å². The molecule has 0 radical (unpaired) electrons. The molecule has 0 amide bonds. The van der Waals surface area contributed by atoms with Crippen LogP contribution in [0.25, 0.3) is 10.8 Å². The molecular weight excluding hydrogens is 248 g/mol. The second kappa shape index (κ2) is 4.71. The fourth-order valence-corrected chi connectivity index (χ4v) is 2.86. The summed E-state index contributed by atoms with van der Waals surface area (Å²) in [6.45, 7) is 4.06. The van der Waals surface area contributed by atoms with Gasteiger partial charge in [0, 0.05) is 0 Å². The highest BCUT2D eigenvalue weighted by Gasteiger charge is 2.14. The van der Waals surface area contributed by atoms with Crippen LogP contribution in [0.5, 0.6) is 0 Å². The average Bonchev–Trinajstić information content (AvgIpc) is 2.35. The third kappa shape index (κ3) is 2.26. The summed E-state index contributed by atoms with van der Waals surface area (Å²) in [6.07, 6.45) is 1.63. The van der Waals surface area contributed by atoms with Gasteiger partial charge in [0.15, 0.2) is 0 Å². The van der Waals surface area contributed by atoms with Gasteiger partial charge in [-0.15, -0.1) is 0 Å². The highest BCUT2D eigenvalue weighted by atomic mass is 32.2. The minimum Gasteiger partial charge on any atom is -0.282 e. The monoisotopic (exact) mass is 264 g/mol. The molecule has 0 aromatic heterocycles. The van der Waals surface area contributed by atoms with E-state index < -0.39 is 10.1 Å². The van der Waals surface area contributed by atoms with Gasteiger partial charge in [-0.2, -0.15) is 8.42 Å². The molecule has 0 bridgehead atoms. The van der Waals surface area contributed by atoms with Crippen molar-refractivity contribution < 1.29 is 13.0 Å². The van der Waals surface area contributed by atoms with E-state index in [1.165, 1.54) is 11.6 Å². The molecule has 2 aromatic rings. The predicted octanol–water partition coefficient (Wildman–Crippen LogP) is 3.21. The minimum absolute atomic E-state index is 0.0277. The van der Waals surface area contributed by atoms with Crippen molar-refractivity contribution in [2.45, 2.75) is 31.6 Å². The first-order valence-electron chi connectivity index (χ1n) is 5.99. The molecule has 2 aromatic carbocycles. The lowest BCUT2D eigenvalue weighted by Crippen LogP contribution is -2.00. The van der Waals surface area contributed by atoms with Gasteiger partial charge in [-0.25, -0.2) is 0 Å². The lowest BCUT2D eigenvalue weighted by molar-refractivity contribution is 0.483. The fourth-order valence-electron chi connectivity index (χ4n) is 2.29. The van der Waals surface area contributed by atoms with Crippen LogP contribution in [0, 0.1) is 0 Å². The molecule has 4 heteroatoms. The smallest absolute Gasteiger partial charge is 0.282 e. The zero-order valence-corrected chi connectivity index (χ0v) is 11.3. The van der Waals surface area contributed by atoms with E-state index in [9.17, 15) is 8.42 Å². The molecule has 0 saturated carbocycles. The fraction of sp³-hybridized carbons (Fsp3) is 0.286. The second-order valence-electron chi connectivity index (χ2n) is 4.28. The zero-order chi connectivity index (χ0) is 13.3. The first-order valence-corrected chi connectivity index (χ1v) is 7.43. The van der Waals surface area contributed by atoms with Gasteiger partial charge < -0.3 is 0 Å². The number of aryl methyl sites for hydroxylation is 2. The Hall–Kier alpha value is -1.39. The van der Waals surface area contributed by atoms with E-state index >= 15 is 0 Å². The number of benzene rings is 2. The first-order chi connectivity index (χ1) is 8.47. The molecule has 3 nitrogen and oxygen atoms in total. The van der Waals surface area contributed by atoms with E-state index in [1.54, 1.807) is 6.07 Å². The molecule has 0 saturated heterocycles. The van der Waals surface area contributed by atoms with Gasteiger partial charge in [0.05, 0.1) is 4.90 Å². The Balaban J connectivity index is 2.87. The highest BCUT2D eigenvalue weighted by molar-refractivity contribution is 7.85. The summed E-state index contributed by atoms with van der Waals surface area (Å²) in [5, 5.41) is 1.97. The topological polar surface area (TPSA) is 54.4 Å². The van der Waals surface area contributed by atoms with E-state index in [0.717, 1.165) is 29.2 Å². The Morgan fingerprint density at radius 2 is 1.72 bits per heavy atom. The Labute approximate surface area is 107 Å². The van der Waals surface area contributed by atoms with Crippen molar-refractivity contribution in [2.75, 3.05) is 0 Å². The van der Waals surface area contributed by atoms with Gasteiger partial charge in [0.1, 0.15) is 0 Å². The van der Waals surface area contributed by atoms with E-state index in [-0.39, 0.29) is 4.90 Å². The van der Waals surface area contributed by atoms with Crippen molar-refractivity contribution in [3.8, 4) is 0 Å². The number of fused-ring (bicyclic) bond motifs is 1. The maximum absolute atomic E-state index is 11.3. The van der Waals surface area contributed by atoms with Crippen LogP contribution in [0.1, 0.15) is 25.0 Å². The summed E-state index contributed by atoms with van der Waals surface area (Å²) in [5.41, 5.74) is 2.16. The van der Waals surface area contributed by atoms with E-state index in [2.05, 4.69) is 13.0 Å². The van der Waals surface area contributed by atoms with Crippen LogP contribution in [0.2, 0.25) is 0 Å². The van der Waals surface area contributed by atoms with Crippen LogP contribution in [-0.4, -0.2) is 13.0 Å². The quantitative estimate of drug-likeness (QED) is 0.866. The molecule has 18 heavy (non-hydrogen) atoms. The van der Waals surface area contributed by atoms with E-state index in [0.29, 0.717) is 0 Å². The first kappa shape index (κ1) is 13.1.